The summed E-state index contributed by atoms with van der Waals surface area (Å²) in [5.41, 5.74) is 2.53. The molecule has 1 unspecified atom stereocenters. The molecule has 0 radical (unpaired) electrons. The van der Waals surface area contributed by atoms with Crippen molar-refractivity contribution in [3.05, 3.63) is 138 Å². The summed E-state index contributed by atoms with van der Waals surface area (Å²) in [5.74, 6) is -0.270. The Hall–Kier alpha value is -5.34. The summed E-state index contributed by atoms with van der Waals surface area (Å²) in [7, 11) is 0. The summed E-state index contributed by atoms with van der Waals surface area (Å²) < 4.78 is 5.53. The summed E-state index contributed by atoms with van der Waals surface area (Å²) in [4.78, 5) is 40.8. The molecular weight excluding hydrogens is 595 g/mol. The molecule has 3 amide bonds. The number of rotatable bonds is 12. The minimum Gasteiger partial charge on any atom is -0.494 e. The van der Waals surface area contributed by atoms with Crippen LogP contribution in [-0.2, 0) is 9.59 Å². The average molecular weight is 630 g/mol. The lowest BCUT2D eigenvalue weighted by molar-refractivity contribution is -0.116. The van der Waals surface area contributed by atoms with Gasteiger partial charge in [-0.1, -0.05) is 79.7 Å². The molecule has 0 aliphatic rings. The molecule has 232 valence electrons. The maximum Gasteiger partial charge on any atom is 0.272 e. The van der Waals surface area contributed by atoms with Crippen molar-refractivity contribution in [3.8, 4) is 5.75 Å². The van der Waals surface area contributed by atoms with Crippen molar-refractivity contribution in [2.24, 2.45) is 0 Å². The molecule has 1 atom stereocenters. The van der Waals surface area contributed by atoms with E-state index in [1.807, 2.05) is 105 Å². The molecule has 0 saturated heterocycles. The standard InChI is InChI=1S/C38H35N3O4S/c1-3-35(38(44)40-33-19-10-15-27-12-8-9-18-32(27)33)46-31-17-11-16-29(25-31)39-37(43)34(41-36(42)28-13-6-5-7-14-28)24-26-20-22-30(23-21-26)45-4-2/h5-25,35H,3-4H2,1-2H3,(H,39,43)(H,40,44)(H,41,42)/b34-24+. The third-order valence-electron chi connectivity index (χ3n) is 7.11. The van der Waals surface area contributed by atoms with E-state index in [9.17, 15) is 14.4 Å². The molecule has 5 aromatic carbocycles. The second-order valence-corrected chi connectivity index (χ2v) is 11.7. The first-order chi connectivity index (χ1) is 22.4. The lowest BCUT2D eigenvalue weighted by Gasteiger charge is -2.17. The van der Waals surface area contributed by atoms with Crippen molar-refractivity contribution in [2.75, 3.05) is 17.2 Å². The third kappa shape index (κ3) is 8.43. The molecule has 0 saturated carbocycles. The van der Waals surface area contributed by atoms with Crippen LogP contribution >= 0.6 is 11.8 Å². The molecule has 7 nitrogen and oxygen atoms in total. The first-order valence-corrected chi connectivity index (χ1v) is 16.0. The van der Waals surface area contributed by atoms with Gasteiger partial charge in [0.05, 0.1) is 11.9 Å². The van der Waals surface area contributed by atoms with Crippen LogP contribution in [0.3, 0.4) is 0 Å². The van der Waals surface area contributed by atoms with Gasteiger partial charge in [0, 0.05) is 27.2 Å². The molecule has 0 spiro atoms. The van der Waals surface area contributed by atoms with Crippen LogP contribution < -0.4 is 20.7 Å². The number of benzene rings is 5. The Morgan fingerprint density at radius 1 is 0.783 bits per heavy atom. The van der Waals surface area contributed by atoms with Gasteiger partial charge in [-0.25, -0.2) is 0 Å². The number of hydrogen-bond donors (Lipinski definition) is 3. The van der Waals surface area contributed by atoms with Gasteiger partial charge in [-0.2, -0.15) is 0 Å². The number of carbonyl (C=O) groups is 3. The molecule has 8 heteroatoms. The van der Waals surface area contributed by atoms with Crippen LogP contribution in [0.2, 0.25) is 0 Å². The molecular formula is C38H35N3O4S. The maximum absolute atomic E-state index is 13.6. The lowest BCUT2D eigenvalue weighted by atomic mass is 10.1. The highest BCUT2D eigenvalue weighted by Gasteiger charge is 2.20. The van der Waals surface area contributed by atoms with Gasteiger partial charge in [-0.05, 0) is 78.9 Å². The van der Waals surface area contributed by atoms with Crippen molar-refractivity contribution in [2.45, 2.75) is 30.4 Å². The Morgan fingerprint density at radius 3 is 2.26 bits per heavy atom. The van der Waals surface area contributed by atoms with Gasteiger partial charge in [0.2, 0.25) is 5.91 Å². The number of amides is 3. The fourth-order valence-electron chi connectivity index (χ4n) is 4.82. The van der Waals surface area contributed by atoms with Crippen molar-refractivity contribution < 1.29 is 19.1 Å². The van der Waals surface area contributed by atoms with E-state index in [0.29, 0.717) is 35.6 Å². The summed E-state index contributed by atoms with van der Waals surface area (Å²) in [5, 5.41) is 10.5. The molecule has 0 aliphatic heterocycles. The SMILES string of the molecule is CCOc1ccc(/C=C(/NC(=O)c2ccccc2)C(=O)Nc2cccc(SC(CC)C(=O)Nc3cccc4ccccc34)c2)cc1. The maximum atomic E-state index is 13.6. The fourth-order valence-corrected chi connectivity index (χ4v) is 5.83. The number of fused-ring (bicyclic) bond motifs is 1. The van der Waals surface area contributed by atoms with Crippen molar-refractivity contribution in [1.29, 1.82) is 0 Å². The summed E-state index contributed by atoms with van der Waals surface area (Å²) >= 11 is 1.43. The number of carbonyl (C=O) groups excluding carboxylic acids is 3. The smallest absolute Gasteiger partial charge is 0.272 e. The Balaban J connectivity index is 1.31. The van der Waals surface area contributed by atoms with Gasteiger partial charge in [-0.15, -0.1) is 11.8 Å². The molecule has 0 fully saturated rings. The molecule has 5 rings (SSSR count). The quantitative estimate of drug-likeness (QED) is 0.0956. The van der Waals surface area contributed by atoms with Gasteiger partial charge in [0.1, 0.15) is 11.4 Å². The van der Waals surface area contributed by atoms with Crippen LogP contribution in [0.5, 0.6) is 5.75 Å². The zero-order valence-electron chi connectivity index (χ0n) is 25.7. The van der Waals surface area contributed by atoms with E-state index in [1.54, 1.807) is 36.4 Å². The van der Waals surface area contributed by atoms with E-state index < -0.39 is 11.8 Å². The summed E-state index contributed by atoms with van der Waals surface area (Å²) in [6.07, 6.45) is 2.23. The molecule has 46 heavy (non-hydrogen) atoms. The van der Waals surface area contributed by atoms with Gasteiger partial charge in [-0.3, -0.25) is 14.4 Å². The molecule has 3 N–H and O–H groups in total. The molecule has 0 heterocycles. The second-order valence-electron chi connectivity index (χ2n) is 10.4. The van der Waals surface area contributed by atoms with Crippen LogP contribution in [0.4, 0.5) is 11.4 Å². The number of nitrogens with one attached hydrogen (secondary N) is 3. The Kier molecular flexibility index (Phi) is 10.9. The monoisotopic (exact) mass is 629 g/mol. The van der Waals surface area contributed by atoms with Gasteiger partial charge >= 0.3 is 0 Å². The van der Waals surface area contributed by atoms with Crippen LogP contribution in [0.25, 0.3) is 16.8 Å². The lowest BCUT2D eigenvalue weighted by Crippen LogP contribution is -2.30. The van der Waals surface area contributed by atoms with Crippen molar-refractivity contribution in [1.82, 2.24) is 5.32 Å². The van der Waals surface area contributed by atoms with E-state index in [1.165, 1.54) is 11.8 Å². The van der Waals surface area contributed by atoms with Crippen LogP contribution in [0.1, 0.15) is 36.2 Å². The normalized spacial score (nSPS) is 11.8. The predicted octanol–water partition coefficient (Wildman–Crippen LogP) is 8.16. The van der Waals surface area contributed by atoms with E-state index in [4.69, 9.17) is 4.74 Å². The van der Waals surface area contributed by atoms with Gasteiger partial charge in [0.15, 0.2) is 0 Å². The molecule has 5 aromatic rings. The van der Waals surface area contributed by atoms with E-state index in [2.05, 4.69) is 16.0 Å². The number of ether oxygens (including phenoxy) is 1. The zero-order chi connectivity index (χ0) is 32.3. The summed E-state index contributed by atoms with van der Waals surface area (Å²) in [6, 6.07) is 37.1. The molecule has 0 aromatic heterocycles. The Labute approximate surface area is 273 Å². The molecule has 0 aliphatic carbocycles. The largest absolute Gasteiger partial charge is 0.494 e. The zero-order valence-corrected chi connectivity index (χ0v) is 26.5. The third-order valence-corrected chi connectivity index (χ3v) is 8.47. The number of hydrogen-bond acceptors (Lipinski definition) is 5. The number of anilines is 2. The first kappa shape index (κ1) is 32.1. The Bertz CT molecular complexity index is 1850. The van der Waals surface area contributed by atoms with Gasteiger partial charge in [0.25, 0.3) is 11.8 Å². The highest BCUT2D eigenvalue weighted by Crippen LogP contribution is 2.30. The highest BCUT2D eigenvalue weighted by molar-refractivity contribution is 8.00. The minimum atomic E-state index is -0.485. The van der Waals surface area contributed by atoms with Crippen LogP contribution in [0.15, 0.2) is 132 Å². The topological polar surface area (TPSA) is 96.5 Å². The molecule has 0 bridgehead atoms. The average Bonchev–Trinajstić information content (AvgIpc) is 3.08. The first-order valence-electron chi connectivity index (χ1n) is 15.1. The van der Waals surface area contributed by atoms with Gasteiger partial charge < -0.3 is 20.7 Å². The van der Waals surface area contributed by atoms with Crippen LogP contribution in [0, 0.1) is 0 Å². The summed E-state index contributed by atoms with van der Waals surface area (Å²) in [6.45, 7) is 4.42. The van der Waals surface area contributed by atoms with Crippen molar-refractivity contribution in [3.63, 3.8) is 0 Å². The highest BCUT2D eigenvalue weighted by atomic mass is 32.2. The van der Waals surface area contributed by atoms with Crippen LogP contribution in [-0.4, -0.2) is 29.6 Å². The predicted molar refractivity (Wildman–Crippen MR) is 187 cm³/mol. The number of thioether (sulfide) groups is 1. The second kappa shape index (κ2) is 15.6. The minimum absolute atomic E-state index is 0.0805. The Morgan fingerprint density at radius 2 is 1.50 bits per heavy atom. The van der Waals surface area contributed by atoms with E-state index in [-0.39, 0.29) is 16.9 Å². The van der Waals surface area contributed by atoms with E-state index in [0.717, 1.165) is 21.4 Å². The fraction of sp³-hybridized carbons (Fsp3) is 0.132. The van der Waals surface area contributed by atoms with Crippen molar-refractivity contribution >= 4 is 57.7 Å². The van der Waals surface area contributed by atoms with E-state index >= 15 is 0 Å².